The Balaban J connectivity index is 3.53. The lowest BCUT2D eigenvalue weighted by atomic mass is 9.73. The predicted octanol–water partition coefficient (Wildman–Crippen LogP) is 5.98. The van der Waals surface area contributed by atoms with Gasteiger partial charge < -0.3 is 10.8 Å². The Bertz CT molecular complexity index is 319. The fourth-order valence-electron chi connectivity index (χ4n) is 3.63. The zero-order valence-corrected chi connectivity index (χ0v) is 17.3. The summed E-state index contributed by atoms with van der Waals surface area (Å²) >= 11 is 0. The van der Waals surface area contributed by atoms with E-state index in [9.17, 15) is 9.90 Å². The third-order valence-corrected chi connectivity index (χ3v) is 6.02. The maximum absolute atomic E-state index is 11.7. The number of hydrogen-bond acceptors (Lipinski definition) is 2. The highest BCUT2D eigenvalue weighted by Crippen LogP contribution is 2.34. The number of carbonyl (C=O) groups excluding carboxylic acids is 1. The summed E-state index contributed by atoms with van der Waals surface area (Å²) in [5.41, 5.74) is 4.99. The van der Waals surface area contributed by atoms with Crippen LogP contribution in [-0.2, 0) is 4.79 Å². The third kappa shape index (κ3) is 11.6. The van der Waals surface area contributed by atoms with Crippen LogP contribution in [-0.4, -0.2) is 17.6 Å². The van der Waals surface area contributed by atoms with Gasteiger partial charge in [-0.1, -0.05) is 104 Å². The first-order valence-electron chi connectivity index (χ1n) is 10.9. The maximum atomic E-state index is 11.7. The number of aliphatic hydroxyl groups excluding tert-OH is 1. The summed E-state index contributed by atoms with van der Waals surface area (Å²) in [6, 6.07) is 0. The van der Waals surface area contributed by atoms with E-state index >= 15 is 0 Å². The number of unbranched alkanes of at least 4 members (excludes halogenated alkanes) is 12. The summed E-state index contributed by atoms with van der Waals surface area (Å²) < 4.78 is 0. The van der Waals surface area contributed by atoms with E-state index < -0.39 is 5.41 Å². The van der Waals surface area contributed by atoms with E-state index in [0.717, 1.165) is 12.8 Å². The summed E-state index contributed by atoms with van der Waals surface area (Å²) in [7, 11) is 0. The lowest BCUT2D eigenvalue weighted by Gasteiger charge is -2.32. The van der Waals surface area contributed by atoms with Gasteiger partial charge in [-0.15, -0.1) is 0 Å². The van der Waals surface area contributed by atoms with Crippen LogP contribution in [0, 0.1) is 11.3 Å². The van der Waals surface area contributed by atoms with Crippen molar-refractivity contribution < 1.29 is 9.90 Å². The van der Waals surface area contributed by atoms with Gasteiger partial charge in [0.15, 0.2) is 0 Å². The van der Waals surface area contributed by atoms with Crippen LogP contribution in [0.3, 0.4) is 0 Å². The second kappa shape index (κ2) is 15.7. The first-order chi connectivity index (χ1) is 12.0. The third-order valence-electron chi connectivity index (χ3n) is 6.02. The minimum Gasteiger partial charge on any atom is -0.396 e. The second-order valence-corrected chi connectivity index (χ2v) is 8.19. The fraction of sp³-hybridized carbons (Fsp3) is 0.955. The molecule has 3 nitrogen and oxygen atoms in total. The number of carbonyl (C=O) groups is 1. The lowest BCUT2D eigenvalue weighted by Crippen LogP contribution is -2.40. The molecule has 3 N–H and O–H groups in total. The zero-order chi connectivity index (χ0) is 19.0. The van der Waals surface area contributed by atoms with Crippen molar-refractivity contribution in [2.75, 3.05) is 6.61 Å². The van der Waals surface area contributed by atoms with Gasteiger partial charge in [-0.25, -0.2) is 0 Å². The van der Waals surface area contributed by atoms with Crippen LogP contribution < -0.4 is 5.73 Å². The molecule has 0 heterocycles. The van der Waals surface area contributed by atoms with Gasteiger partial charge in [0.05, 0.1) is 5.41 Å². The molecule has 0 rings (SSSR count). The van der Waals surface area contributed by atoms with Crippen LogP contribution in [0.5, 0.6) is 0 Å². The highest BCUT2D eigenvalue weighted by Gasteiger charge is 2.35. The smallest absolute Gasteiger partial charge is 0.223 e. The Morgan fingerprint density at radius 2 is 1.28 bits per heavy atom. The molecule has 0 saturated heterocycles. The molecule has 0 aliphatic heterocycles. The van der Waals surface area contributed by atoms with Gasteiger partial charge >= 0.3 is 0 Å². The minimum absolute atomic E-state index is 0.0301. The Morgan fingerprint density at radius 1 is 0.880 bits per heavy atom. The summed E-state index contributed by atoms with van der Waals surface area (Å²) in [6.07, 6.45) is 19.1. The molecule has 2 atom stereocenters. The van der Waals surface area contributed by atoms with Crippen molar-refractivity contribution in [2.45, 2.75) is 117 Å². The summed E-state index contributed by atoms with van der Waals surface area (Å²) in [6.45, 7) is 6.30. The van der Waals surface area contributed by atoms with Gasteiger partial charge in [0.1, 0.15) is 0 Å². The zero-order valence-electron chi connectivity index (χ0n) is 17.3. The van der Waals surface area contributed by atoms with E-state index in [1.165, 1.54) is 77.0 Å². The number of primary amides is 1. The van der Waals surface area contributed by atoms with Crippen molar-refractivity contribution in [3.63, 3.8) is 0 Å². The average molecular weight is 356 g/mol. The molecule has 0 aromatic carbocycles. The molecular weight excluding hydrogens is 310 g/mol. The van der Waals surface area contributed by atoms with Crippen LogP contribution in [0.4, 0.5) is 0 Å². The quantitative estimate of drug-likeness (QED) is 0.297. The van der Waals surface area contributed by atoms with E-state index in [4.69, 9.17) is 5.73 Å². The summed E-state index contributed by atoms with van der Waals surface area (Å²) in [5.74, 6) is -0.0337. The van der Waals surface area contributed by atoms with Crippen molar-refractivity contribution in [1.82, 2.24) is 0 Å². The summed E-state index contributed by atoms with van der Waals surface area (Å²) in [5, 5.41) is 9.18. The van der Waals surface area contributed by atoms with E-state index in [2.05, 4.69) is 13.8 Å². The Hall–Kier alpha value is -0.570. The normalized spacial score (nSPS) is 15.0. The number of aliphatic hydroxyl groups is 1. The predicted molar refractivity (Wildman–Crippen MR) is 108 cm³/mol. The molecule has 25 heavy (non-hydrogen) atoms. The van der Waals surface area contributed by atoms with Crippen molar-refractivity contribution in [3.8, 4) is 0 Å². The standard InChI is InChI=1S/C22H45NO2/c1-4-5-6-7-8-9-10-11-12-13-14-15-16-17-20(2)22(3,18-19-24)21(23)25/h20,24H,4-19H2,1-3H3,(H2,23,25). The highest BCUT2D eigenvalue weighted by molar-refractivity contribution is 5.80. The van der Waals surface area contributed by atoms with Crippen LogP contribution in [0.15, 0.2) is 0 Å². The Labute approximate surface area is 157 Å². The van der Waals surface area contributed by atoms with Gasteiger partial charge in [-0.3, -0.25) is 4.79 Å². The van der Waals surface area contributed by atoms with E-state index in [1.54, 1.807) is 0 Å². The summed E-state index contributed by atoms with van der Waals surface area (Å²) in [4.78, 5) is 11.7. The van der Waals surface area contributed by atoms with Crippen LogP contribution in [0.1, 0.15) is 117 Å². The Morgan fingerprint density at radius 3 is 1.64 bits per heavy atom. The highest BCUT2D eigenvalue weighted by atomic mass is 16.3. The lowest BCUT2D eigenvalue weighted by molar-refractivity contribution is -0.130. The molecular formula is C22H45NO2. The van der Waals surface area contributed by atoms with Gasteiger partial charge in [0.25, 0.3) is 0 Å². The van der Waals surface area contributed by atoms with Crippen molar-refractivity contribution in [2.24, 2.45) is 17.1 Å². The molecule has 2 unspecified atom stereocenters. The fourth-order valence-corrected chi connectivity index (χ4v) is 3.63. The molecule has 150 valence electrons. The first-order valence-corrected chi connectivity index (χ1v) is 10.9. The maximum Gasteiger partial charge on any atom is 0.223 e. The van der Waals surface area contributed by atoms with E-state index in [-0.39, 0.29) is 18.4 Å². The van der Waals surface area contributed by atoms with Gasteiger partial charge in [0.2, 0.25) is 5.91 Å². The molecule has 1 amide bonds. The topological polar surface area (TPSA) is 63.3 Å². The van der Waals surface area contributed by atoms with Crippen molar-refractivity contribution >= 4 is 5.91 Å². The molecule has 0 saturated carbocycles. The van der Waals surface area contributed by atoms with Crippen LogP contribution >= 0.6 is 0 Å². The molecule has 0 bridgehead atoms. The molecule has 3 heteroatoms. The van der Waals surface area contributed by atoms with Gasteiger partial charge in [0, 0.05) is 6.61 Å². The number of rotatable bonds is 18. The second-order valence-electron chi connectivity index (χ2n) is 8.19. The van der Waals surface area contributed by atoms with E-state index in [0.29, 0.717) is 6.42 Å². The minimum atomic E-state index is -0.564. The monoisotopic (exact) mass is 355 g/mol. The molecule has 0 aromatic heterocycles. The van der Waals surface area contributed by atoms with Crippen LogP contribution in [0.2, 0.25) is 0 Å². The van der Waals surface area contributed by atoms with Crippen molar-refractivity contribution in [1.29, 1.82) is 0 Å². The number of amides is 1. The number of nitrogens with two attached hydrogens (primary N) is 1. The molecule has 0 aliphatic rings. The molecule has 0 fully saturated rings. The average Bonchev–Trinajstić information content (AvgIpc) is 2.58. The molecule has 0 aliphatic carbocycles. The van der Waals surface area contributed by atoms with E-state index in [1.807, 2.05) is 6.92 Å². The van der Waals surface area contributed by atoms with Gasteiger partial charge in [-0.2, -0.15) is 0 Å². The largest absolute Gasteiger partial charge is 0.396 e. The molecule has 0 spiro atoms. The van der Waals surface area contributed by atoms with Crippen LogP contribution in [0.25, 0.3) is 0 Å². The number of hydrogen-bond donors (Lipinski definition) is 2. The molecule has 0 aromatic rings. The Kier molecular flexibility index (Phi) is 15.3. The first kappa shape index (κ1) is 24.4. The van der Waals surface area contributed by atoms with Gasteiger partial charge in [-0.05, 0) is 18.8 Å². The van der Waals surface area contributed by atoms with Crippen molar-refractivity contribution in [3.05, 3.63) is 0 Å². The molecule has 0 radical (unpaired) electrons. The SMILES string of the molecule is CCCCCCCCCCCCCCCC(C)C(C)(CCO)C(N)=O.